The summed E-state index contributed by atoms with van der Waals surface area (Å²) in [6.45, 7) is 4.08. The molecular formula is C15H22N6. The van der Waals surface area contributed by atoms with Crippen LogP contribution in [0.1, 0.15) is 24.1 Å². The number of aromatic nitrogens is 4. The van der Waals surface area contributed by atoms with Gasteiger partial charge in [0, 0.05) is 32.0 Å². The van der Waals surface area contributed by atoms with Crippen LogP contribution in [0.2, 0.25) is 0 Å². The number of hydrogen-bond donors (Lipinski definition) is 1. The maximum absolute atomic E-state index is 5.65. The number of nitrogens with two attached hydrogens (primary N) is 1. The summed E-state index contributed by atoms with van der Waals surface area (Å²) in [7, 11) is 1.89. The highest BCUT2D eigenvalue weighted by Crippen LogP contribution is 2.24. The highest BCUT2D eigenvalue weighted by molar-refractivity contribution is 5.35. The van der Waals surface area contributed by atoms with Crippen LogP contribution in [-0.4, -0.2) is 32.8 Å². The molecule has 0 radical (unpaired) electrons. The number of aryl methyl sites for hydroxylation is 2. The number of nitrogen functional groups attached to an aromatic ring is 1. The van der Waals surface area contributed by atoms with Gasteiger partial charge in [0.2, 0.25) is 11.9 Å². The van der Waals surface area contributed by atoms with Crippen molar-refractivity contribution in [1.82, 2.24) is 19.7 Å². The van der Waals surface area contributed by atoms with E-state index in [2.05, 4.69) is 32.1 Å². The molecule has 1 aliphatic heterocycles. The largest absolute Gasteiger partial charge is 0.366 e. The second kappa shape index (κ2) is 5.71. The van der Waals surface area contributed by atoms with Gasteiger partial charge in [-0.15, -0.1) is 5.10 Å². The lowest BCUT2D eigenvalue weighted by molar-refractivity contribution is 0.398. The molecule has 6 heteroatoms. The van der Waals surface area contributed by atoms with Gasteiger partial charge in [-0.3, -0.25) is 4.98 Å². The molecule has 1 aliphatic rings. The molecule has 0 atom stereocenters. The molecule has 0 aliphatic carbocycles. The molecule has 0 saturated carbocycles. The first-order valence-electron chi connectivity index (χ1n) is 7.45. The quantitative estimate of drug-likeness (QED) is 0.927. The number of pyridine rings is 1. The van der Waals surface area contributed by atoms with Crippen LogP contribution >= 0.6 is 0 Å². The van der Waals surface area contributed by atoms with E-state index >= 15 is 0 Å². The fourth-order valence-corrected chi connectivity index (χ4v) is 3.07. The smallest absolute Gasteiger partial charge is 0.241 e. The van der Waals surface area contributed by atoms with Crippen LogP contribution in [0.3, 0.4) is 0 Å². The summed E-state index contributed by atoms with van der Waals surface area (Å²) in [5, 5.41) is 4.12. The normalized spacial score (nSPS) is 16.4. The van der Waals surface area contributed by atoms with Crippen molar-refractivity contribution in [3.8, 4) is 0 Å². The first kappa shape index (κ1) is 13.9. The zero-order valence-electron chi connectivity index (χ0n) is 12.7. The fraction of sp³-hybridized carbons (Fsp3) is 0.533. The van der Waals surface area contributed by atoms with E-state index in [0.29, 0.717) is 5.95 Å². The zero-order chi connectivity index (χ0) is 14.8. The Balaban J connectivity index is 1.59. The molecule has 0 spiro atoms. The fourth-order valence-electron chi connectivity index (χ4n) is 3.07. The maximum atomic E-state index is 5.65. The van der Waals surface area contributed by atoms with Crippen LogP contribution < -0.4 is 10.6 Å². The molecule has 2 N–H and O–H groups in total. The van der Waals surface area contributed by atoms with Crippen molar-refractivity contribution in [2.24, 2.45) is 13.0 Å². The molecule has 112 valence electrons. The average molecular weight is 286 g/mol. The molecule has 0 bridgehead atoms. The topological polar surface area (TPSA) is 72.9 Å². The van der Waals surface area contributed by atoms with Crippen LogP contribution in [0, 0.1) is 12.8 Å². The van der Waals surface area contributed by atoms with Crippen LogP contribution in [-0.2, 0) is 13.5 Å². The molecule has 0 unspecified atom stereocenters. The molecule has 2 aromatic heterocycles. The van der Waals surface area contributed by atoms with Gasteiger partial charge >= 0.3 is 0 Å². The Morgan fingerprint density at radius 3 is 2.71 bits per heavy atom. The van der Waals surface area contributed by atoms with Crippen molar-refractivity contribution >= 4 is 11.9 Å². The van der Waals surface area contributed by atoms with Crippen molar-refractivity contribution in [2.45, 2.75) is 26.2 Å². The summed E-state index contributed by atoms with van der Waals surface area (Å²) in [4.78, 5) is 10.8. The first-order valence-corrected chi connectivity index (χ1v) is 7.45. The summed E-state index contributed by atoms with van der Waals surface area (Å²) < 4.78 is 1.77. The molecule has 1 fully saturated rings. The standard InChI is InChI=1S/C15H22N6/c1-11-9-13(3-6-17-11)10-12-4-7-21(8-5-12)15-18-14(16)19-20(15)2/h3,6,9,12H,4-5,7-8,10H2,1-2H3,(H2,16,19). The Bertz CT molecular complexity index is 612. The van der Waals surface area contributed by atoms with Crippen LogP contribution in [0.15, 0.2) is 18.3 Å². The third kappa shape index (κ3) is 3.15. The molecule has 21 heavy (non-hydrogen) atoms. The minimum Gasteiger partial charge on any atom is -0.366 e. The predicted molar refractivity (Wildman–Crippen MR) is 83.0 cm³/mol. The lowest BCUT2D eigenvalue weighted by Crippen LogP contribution is -2.36. The van der Waals surface area contributed by atoms with Gasteiger partial charge in [0.1, 0.15) is 0 Å². The highest BCUT2D eigenvalue weighted by atomic mass is 15.4. The second-order valence-electron chi connectivity index (χ2n) is 5.83. The Morgan fingerprint density at radius 1 is 1.33 bits per heavy atom. The summed E-state index contributed by atoms with van der Waals surface area (Å²) in [6.07, 6.45) is 5.39. The van der Waals surface area contributed by atoms with Gasteiger partial charge in [-0.2, -0.15) is 4.98 Å². The van der Waals surface area contributed by atoms with Crippen molar-refractivity contribution in [2.75, 3.05) is 23.7 Å². The van der Waals surface area contributed by atoms with Gasteiger partial charge in [-0.05, 0) is 49.8 Å². The van der Waals surface area contributed by atoms with Crippen molar-refractivity contribution < 1.29 is 0 Å². The molecule has 6 nitrogen and oxygen atoms in total. The average Bonchev–Trinajstić information content (AvgIpc) is 2.79. The molecular weight excluding hydrogens is 264 g/mol. The van der Waals surface area contributed by atoms with Crippen molar-refractivity contribution in [1.29, 1.82) is 0 Å². The lowest BCUT2D eigenvalue weighted by Gasteiger charge is -2.32. The molecule has 3 rings (SSSR count). The number of anilines is 2. The summed E-state index contributed by atoms with van der Waals surface area (Å²) >= 11 is 0. The number of piperidine rings is 1. The molecule has 0 amide bonds. The Hall–Kier alpha value is -2.11. The van der Waals surface area contributed by atoms with E-state index in [1.54, 1.807) is 4.68 Å². The lowest BCUT2D eigenvalue weighted by atomic mass is 9.90. The molecule has 3 heterocycles. The van der Waals surface area contributed by atoms with Gasteiger partial charge in [0.05, 0.1) is 0 Å². The molecule has 0 aromatic carbocycles. The van der Waals surface area contributed by atoms with Gasteiger partial charge in [-0.25, -0.2) is 4.68 Å². The van der Waals surface area contributed by atoms with E-state index in [-0.39, 0.29) is 0 Å². The molecule has 2 aromatic rings. The summed E-state index contributed by atoms with van der Waals surface area (Å²) in [5.41, 5.74) is 8.14. The van der Waals surface area contributed by atoms with Crippen LogP contribution in [0.5, 0.6) is 0 Å². The van der Waals surface area contributed by atoms with Crippen LogP contribution in [0.4, 0.5) is 11.9 Å². The van der Waals surface area contributed by atoms with Gasteiger partial charge < -0.3 is 10.6 Å². The van der Waals surface area contributed by atoms with E-state index in [0.717, 1.165) is 37.1 Å². The third-order valence-electron chi connectivity index (χ3n) is 4.14. The number of hydrogen-bond acceptors (Lipinski definition) is 5. The SMILES string of the molecule is Cc1cc(CC2CCN(c3nc(N)nn3C)CC2)ccn1. The van der Waals surface area contributed by atoms with Gasteiger partial charge in [0.25, 0.3) is 0 Å². The highest BCUT2D eigenvalue weighted by Gasteiger charge is 2.22. The third-order valence-corrected chi connectivity index (χ3v) is 4.14. The Labute approximate surface area is 125 Å². The number of rotatable bonds is 3. The minimum atomic E-state index is 0.349. The van der Waals surface area contributed by atoms with E-state index < -0.39 is 0 Å². The van der Waals surface area contributed by atoms with Crippen molar-refractivity contribution in [3.63, 3.8) is 0 Å². The second-order valence-corrected chi connectivity index (χ2v) is 5.83. The maximum Gasteiger partial charge on any atom is 0.241 e. The van der Waals surface area contributed by atoms with Crippen LogP contribution in [0.25, 0.3) is 0 Å². The minimum absolute atomic E-state index is 0.349. The van der Waals surface area contributed by atoms with Gasteiger partial charge in [0.15, 0.2) is 0 Å². The monoisotopic (exact) mass is 286 g/mol. The Morgan fingerprint density at radius 2 is 2.10 bits per heavy atom. The van der Waals surface area contributed by atoms with Gasteiger partial charge in [-0.1, -0.05) is 0 Å². The number of nitrogens with zero attached hydrogens (tertiary/aromatic N) is 5. The zero-order valence-corrected chi connectivity index (χ0v) is 12.7. The Kier molecular flexibility index (Phi) is 3.77. The van der Waals surface area contributed by atoms with E-state index in [1.165, 1.54) is 18.4 Å². The van der Waals surface area contributed by atoms with E-state index in [9.17, 15) is 0 Å². The van der Waals surface area contributed by atoms with Crippen molar-refractivity contribution in [3.05, 3.63) is 29.6 Å². The summed E-state index contributed by atoms with van der Waals surface area (Å²) in [5.74, 6) is 1.96. The predicted octanol–water partition coefficient (Wildman–Crippen LogP) is 1.56. The molecule has 1 saturated heterocycles. The summed E-state index contributed by atoms with van der Waals surface area (Å²) in [6, 6.07) is 4.32. The van der Waals surface area contributed by atoms with E-state index in [1.807, 2.05) is 20.2 Å². The first-order chi connectivity index (χ1) is 10.1. The van der Waals surface area contributed by atoms with E-state index in [4.69, 9.17) is 5.73 Å².